The molecule has 4 heteroatoms. The molecule has 1 aliphatic carbocycles. The van der Waals surface area contributed by atoms with Gasteiger partial charge in [0.15, 0.2) is 0 Å². The summed E-state index contributed by atoms with van der Waals surface area (Å²) in [4.78, 5) is 0. The summed E-state index contributed by atoms with van der Waals surface area (Å²) in [6, 6.07) is 3.57. The molecule has 19 heavy (non-hydrogen) atoms. The lowest BCUT2D eigenvalue weighted by Gasteiger charge is -2.25. The van der Waals surface area contributed by atoms with Crippen LogP contribution in [-0.4, -0.2) is 24.3 Å². The smallest absolute Gasteiger partial charge is 0.126 e. The summed E-state index contributed by atoms with van der Waals surface area (Å²) < 4.78 is 26.3. The molecule has 2 N–H and O–H groups in total. The van der Waals surface area contributed by atoms with Crippen molar-refractivity contribution in [3.05, 3.63) is 35.4 Å². The first-order valence-corrected chi connectivity index (χ1v) is 6.98. The lowest BCUT2D eigenvalue weighted by Crippen LogP contribution is -2.29. The molecule has 0 bridgehead atoms. The molecule has 0 spiro atoms. The number of aliphatic hydroxyl groups is 1. The molecule has 1 aliphatic rings. The second-order valence-electron chi connectivity index (χ2n) is 5.36. The van der Waals surface area contributed by atoms with Crippen molar-refractivity contribution in [2.45, 2.75) is 38.2 Å². The first-order valence-electron chi connectivity index (χ1n) is 6.98. The van der Waals surface area contributed by atoms with E-state index in [1.807, 2.05) is 0 Å². The fourth-order valence-electron chi connectivity index (χ4n) is 2.61. The summed E-state index contributed by atoms with van der Waals surface area (Å²) >= 11 is 0. The van der Waals surface area contributed by atoms with Gasteiger partial charge in [-0.2, -0.15) is 0 Å². The zero-order valence-corrected chi connectivity index (χ0v) is 11.0. The minimum atomic E-state index is -0.391. The molecule has 1 fully saturated rings. The van der Waals surface area contributed by atoms with Crippen molar-refractivity contribution in [2.75, 3.05) is 13.1 Å². The topological polar surface area (TPSA) is 32.3 Å². The molecular formula is C15H21F2NO. The van der Waals surface area contributed by atoms with Gasteiger partial charge in [0.2, 0.25) is 0 Å². The fourth-order valence-corrected chi connectivity index (χ4v) is 2.61. The van der Waals surface area contributed by atoms with Crippen molar-refractivity contribution in [2.24, 2.45) is 5.92 Å². The highest BCUT2D eigenvalue weighted by atomic mass is 19.1. The van der Waals surface area contributed by atoms with Crippen molar-refractivity contribution >= 4 is 0 Å². The first-order chi connectivity index (χ1) is 9.15. The van der Waals surface area contributed by atoms with Crippen molar-refractivity contribution in [3.63, 3.8) is 0 Å². The van der Waals surface area contributed by atoms with E-state index in [1.54, 1.807) is 0 Å². The molecule has 1 aromatic rings. The third-order valence-corrected chi connectivity index (χ3v) is 3.83. The van der Waals surface area contributed by atoms with Crippen LogP contribution in [-0.2, 0) is 6.42 Å². The molecule has 0 atom stereocenters. The second kappa shape index (κ2) is 6.96. The average molecular weight is 269 g/mol. The van der Waals surface area contributed by atoms with Gasteiger partial charge in [0.05, 0.1) is 6.10 Å². The van der Waals surface area contributed by atoms with Crippen molar-refractivity contribution in [1.29, 1.82) is 0 Å². The molecule has 0 radical (unpaired) electrons. The quantitative estimate of drug-likeness (QED) is 0.805. The van der Waals surface area contributed by atoms with Crippen molar-refractivity contribution in [1.82, 2.24) is 5.32 Å². The summed E-state index contributed by atoms with van der Waals surface area (Å²) in [6.07, 6.45) is 4.22. The summed E-state index contributed by atoms with van der Waals surface area (Å²) in [5, 5.41) is 12.7. The number of nitrogens with one attached hydrogen (secondary N) is 1. The van der Waals surface area contributed by atoms with Crippen LogP contribution in [0, 0.1) is 17.6 Å². The SMILES string of the molecule is OC1CCC(CNCCc2cc(F)ccc2F)CC1. The van der Waals surface area contributed by atoms with Crippen LogP contribution >= 0.6 is 0 Å². The van der Waals surface area contributed by atoms with Crippen LogP contribution in [0.15, 0.2) is 18.2 Å². The Balaban J connectivity index is 1.68. The van der Waals surface area contributed by atoms with E-state index in [0.29, 0.717) is 24.4 Å². The Morgan fingerprint density at radius 3 is 2.63 bits per heavy atom. The monoisotopic (exact) mass is 269 g/mol. The Labute approximate surface area is 112 Å². The molecule has 106 valence electrons. The maximum Gasteiger partial charge on any atom is 0.126 e. The van der Waals surface area contributed by atoms with Gasteiger partial charge in [-0.05, 0) is 74.9 Å². The Morgan fingerprint density at radius 1 is 1.16 bits per heavy atom. The minimum Gasteiger partial charge on any atom is -0.393 e. The van der Waals surface area contributed by atoms with Crippen molar-refractivity contribution in [3.8, 4) is 0 Å². The van der Waals surface area contributed by atoms with E-state index in [4.69, 9.17) is 0 Å². The van der Waals surface area contributed by atoms with E-state index in [1.165, 1.54) is 12.1 Å². The molecule has 0 aliphatic heterocycles. The molecular weight excluding hydrogens is 248 g/mol. The molecule has 1 saturated carbocycles. The largest absolute Gasteiger partial charge is 0.393 e. The number of hydrogen-bond donors (Lipinski definition) is 2. The van der Waals surface area contributed by atoms with E-state index in [-0.39, 0.29) is 11.9 Å². The molecule has 1 aromatic carbocycles. The van der Waals surface area contributed by atoms with E-state index >= 15 is 0 Å². The van der Waals surface area contributed by atoms with Crippen LogP contribution in [0.2, 0.25) is 0 Å². The average Bonchev–Trinajstić information content (AvgIpc) is 2.40. The third kappa shape index (κ3) is 4.55. The maximum absolute atomic E-state index is 13.4. The first kappa shape index (κ1) is 14.4. The van der Waals surface area contributed by atoms with Gasteiger partial charge in [-0.3, -0.25) is 0 Å². The van der Waals surface area contributed by atoms with Gasteiger partial charge in [0.25, 0.3) is 0 Å². The molecule has 2 rings (SSSR count). The van der Waals surface area contributed by atoms with Crippen molar-refractivity contribution < 1.29 is 13.9 Å². The predicted molar refractivity (Wildman–Crippen MR) is 70.9 cm³/mol. The molecule has 2 nitrogen and oxygen atoms in total. The highest BCUT2D eigenvalue weighted by Gasteiger charge is 2.18. The lowest BCUT2D eigenvalue weighted by atomic mass is 9.87. The van der Waals surface area contributed by atoms with Gasteiger partial charge in [-0.1, -0.05) is 0 Å². The van der Waals surface area contributed by atoms with Crippen LogP contribution in [0.3, 0.4) is 0 Å². The molecule has 0 amide bonds. The second-order valence-corrected chi connectivity index (χ2v) is 5.36. The summed E-state index contributed by atoms with van der Waals surface area (Å²) in [5.41, 5.74) is 0.423. The van der Waals surface area contributed by atoms with Crippen LogP contribution in [0.1, 0.15) is 31.2 Å². The fraction of sp³-hybridized carbons (Fsp3) is 0.600. The summed E-state index contributed by atoms with van der Waals surface area (Å²) in [5.74, 6) is -0.137. The van der Waals surface area contributed by atoms with Gasteiger partial charge < -0.3 is 10.4 Å². The Hall–Kier alpha value is -1.00. The van der Waals surface area contributed by atoms with E-state index in [9.17, 15) is 13.9 Å². The van der Waals surface area contributed by atoms with E-state index in [0.717, 1.165) is 38.3 Å². The van der Waals surface area contributed by atoms with E-state index < -0.39 is 5.82 Å². The molecule has 0 heterocycles. The predicted octanol–water partition coefficient (Wildman–Crippen LogP) is 2.65. The van der Waals surface area contributed by atoms with Gasteiger partial charge in [0, 0.05) is 0 Å². The van der Waals surface area contributed by atoms with Gasteiger partial charge in [-0.15, -0.1) is 0 Å². The minimum absolute atomic E-state index is 0.127. The number of aliphatic hydroxyl groups excluding tert-OH is 1. The highest BCUT2D eigenvalue weighted by molar-refractivity contribution is 5.18. The Morgan fingerprint density at radius 2 is 1.89 bits per heavy atom. The zero-order valence-electron chi connectivity index (χ0n) is 11.0. The normalized spacial score (nSPS) is 23.5. The van der Waals surface area contributed by atoms with Crippen LogP contribution in [0.5, 0.6) is 0 Å². The number of halogens is 2. The highest BCUT2D eigenvalue weighted by Crippen LogP contribution is 2.23. The Kier molecular flexibility index (Phi) is 5.28. The third-order valence-electron chi connectivity index (χ3n) is 3.83. The Bertz CT molecular complexity index is 403. The zero-order chi connectivity index (χ0) is 13.7. The molecule has 0 unspecified atom stereocenters. The number of rotatable bonds is 5. The van der Waals surface area contributed by atoms with Crippen LogP contribution in [0.25, 0.3) is 0 Å². The van der Waals surface area contributed by atoms with Crippen LogP contribution < -0.4 is 5.32 Å². The summed E-state index contributed by atoms with van der Waals surface area (Å²) in [6.45, 7) is 1.54. The summed E-state index contributed by atoms with van der Waals surface area (Å²) in [7, 11) is 0. The van der Waals surface area contributed by atoms with Gasteiger partial charge in [-0.25, -0.2) is 8.78 Å². The van der Waals surface area contributed by atoms with Gasteiger partial charge in [0.1, 0.15) is 11.6 Å². The molecule has 0 aromatic heterocycles. The standard InChI is InChI=1S/C15H21F2NO/c16-13-3-6-15(17)12(9-13)7-8-18-10-11-1-4-14(19)5-2-11/h3,6,9,11,14,18-19H,1-2,4-5,7-8,10H2. The number of hydrogen-bond acceptors (Lipinski definition) is 2. The number of benzene rings is 1. The van der Waals surface area contributed by atoms with Gasteiger partial charge >= 0.3 is 0 Å². The maximum atomic E-state index is 13.4. The lowest BCUT2D eigenvalue weighted by molar-refractivity contribution is 0.108. The van der Waals surface area contributed by atoms with Crippen LogP contribution in [0.4, 0.5) is 8.78 Å². The molecule has 0 saturated heterocycles. The van der Waals surface area contributed by atoms with E-state index in [2.05, 4.69) is 5.32 Å².